The van der Waals surface area contributed by atoms with Gasteiger partial charge >= 0.3 is 0 Å². The fourth-order valence-corrected chi connectivity index (χ4v) is 5.57. The number of benzene rings is 1. The molecule has 1 saturated heterocycles. The maximum absolute atomic E-state index is 13.7. The van der Waals surface area contributed by atoms with E-state index in [4.69, 9.17) is 0 Å². The molecule has 5 rings (SSSR count). The van der Waals surface area contributed by atoms with Gasteiger partial charge in [-0.1, -0.05) is 12.1 Å². The number of nitrogens with one attached hydrogen (secondary N) is 2. The molecule has 2 aliphatic heterocycles. The fraction of sp³-hybridized carbons (Fsp3) is 0.364. The van der Waals surface area contributed by atoms with Crippen molar-refractivity contribution in [2.75, 3.05) is 13.1 Å². The van der Waals surface area contributed by atoms with Crippen LogP contribution in [-0.4, -0.2) is 34.8 Å². The van der Waals surface area contributed by atoms with E-state index in [1.54, 1.807) is 23.5 Å². The third-order valence-corrected chi connectivity index (χ3v) is 7.07. The van der Waals surface area contributed by atoms with Crippen LogP contribution >= 0.6 is 23.7 Å². The molecular formula is C22H24ClFN4OS. The summed E-state index contributed by atoms with van der Waals surface area (Å²) in [6, 6.07) is 10.7. The van der Waals surface area contributed by atoms with Crippen molar-refractivity contribution in [2.45, 2.75) is 37.8 Å². The second-order valence-electron chi connectivity index (χ2n) is 7.72. The van der Waals surface area contributed by atoms with E-state index in [0.29, 0.717) is 6.54 Å². The lowest BCUT2D eigenvalue weighted by Crippen LogP contribution is -2.49. The number of halogens is 2. The van der Waals surface area contributed by atoms with Crippen molar-refractivity contribution in [1.82, 2.24) is 20.4 Å². The summed E-state index contributed by atoms with van der Waals surface area (Å²) in [6.45, 7) is 2.46. The van der Waals surface area contributed by atoms with Crippen LogP contribution in [0.2, 0.25) is 0 Å². The number of hydrogen-bond donors (Lipinski definition) is 2. The maximum Gasteiger partial charge on any atom is 0.261 e. The summed E-state index contributed by atoms with van der Waals surface area (Å²) in [5.41, 5.74) is 3.16. The molecule has 5 nitrogen and oxygen atoms in total. The lowest BCUT2D eigenvalue weighted by molar-refractivity contribution is 0.0928. The topological polar surface area (TPSA) is 59.0 Å². The standard InChI is InChI=1S/C22H23FN4OS.ClH/c23-15-4-1-3-14(11-15)16-6-8-24-13-18(16)26-22(28)21-12-17-19-7-9-25-27(19)10-2-5-20(17)29-21;/h1,3-4,7,9,11-12,16,18,24H,2,5-6,8,10,13H2,(H,26,28);1H/t16-,18+;/m0./s1. The first-order valence-corrected chi connectivity index (χ1v) is 10.9. The molecule has 2 aromatic heterocycles. The van der Waals surface area contributed by atoms with E-state index in [0.717, 1.165) is 54.0 Å². The number of aromatic nitrogens is 2. The highest BCUT2D eigenvalue weighted by atomic mass is 35.5. The molecular weight excluding hydrogens is 423 g/mol. The minimum Gasteiger partial charge on any atom is -0.347 e. The first-order valence-electron chi connectivity index (χ1n) is 10.1. The number of thiophene rings is 1. The predicted molar refractivity (Wildman–Crippen MR) is 119 cm³/mol. The van der Waals surface area contributed by atoms with Crippen LogP contribution in [0.1, 0.15) is 38.9 Å². The van der Waals surface area contributed by atoms with Crippen LogP contribution in [0.25, 0.3) is 11.3 Å². The first kappa shape index (κ1) is 21.0. The molecule has 30 heavy (non-hydrogen) atoms. The third kappa shape index (κ3) is 4.02. The second-order valence-corrected chi connectivity index (χ2v) is 8.86. The van der Waals surface area contributed by atoms with Crippen molar-refractivity contribution in [3.63, 3.8) is 0 Å². The minimum atomic E-state index is -0.232. The SMILES string of the molecule is Cl.O=C(N[C@@H]1CNCC[C@H]1c1cccc(F)c1)c1cc2c(s1)CCCn1nccc1-2. The average Bonchev–Trinajstić information content (AvgIpc) is 3.32. The van der Waals surface area contributed by atoms with Crippen molar-refractivity contribution in [2.24, 2.45) is 0 Å². The lowest BCUT2D eigenvalue weighted by atomic mass is 9.86. The van der Waals surface area contributed by atoms with Gasteiger partial charge in [0.2, 0.25) is 0 Å². The number of fused-ring (bicyclic) bond motifs is 3. The van der Waals surface area contributed by atoms with Crippen LogP contribution < -0.4 is 10.6 Å². The maximum atomic E-state index is 13.7. The second kappa shape index (κ2) is 8.88. The van der Waals surface area contributed by atoms with Crippen LogP contribution in [-0.2, 0) is 13.0 Å². The van der Waals surface area contributed by atoms with Crippen molar-refractivity contribution in [3.05, 3.63) is 63.7 Å². The van der Waals surface area contributed by atoms with Crippen LogP contribution in [0, 0.1) is 5.82 Å². The molecule has 8 heteroatoms. The quantitative estimate of drug-likeness (QED) is 0.639. The molecule has 2 atom stereocenters. The van der Waals surface area contributed by atoms with E-state index in [2.05, 4.69) is 15.7 Å². The van der Waals surface area contributed by atoms with E-state index < -0.39 is 0 Å². The molecule has 158 valence electrons. The molecule has 0 unspecified atom stereocenters. The average molecular weight is 447 g/mol. The summed E-state index contributed by atoms with van der Waals surface area (Å²) in [5, 5.41) is 11.0. The molecule has 0 aliphatic carbocycles. The van der Waals surface area contributed by atoms with Gasteiger partial charge < -0.3 is 10.6 Å². The molecule has 4 heterocycles. The van der Waals surface area contributed by atoms with Crippen LogP contribution in [0.15, 0.2) is 42.6 Å². The summed E-state index contributed by atoms with van der Waals surface area (Å²) in [5.74, 6) is -0.177. The molecule has 0 spiro atoms. The Morgan fingerprint density at radius 1 is 1.30 bits per heavy atom. The van der Waals surface area contributed by atoms with Crippen molar-refractivity contribution >= 4 is 29.7 Å². The van der Waals surface area contributed by atoms with Gasteiger partial charge in [0.05, 0.1) is 10.6 Å². The van der Waals surface area contributed by atoms with E-state index in [1.165, 1.54) is 10.9 Å². The molecule has 1 fully saturated rings. The highest BCUT2D eigenvalue weighted by Gasteiger charge is 2.29. The molecule has 2 N–H and O–H groups in total. The van der Waals surface area contributed by atoms with Gasteiger partial charge in [-0.2, -0.15) is 5.10 Å². The highest BCUT2D eigenvalue weighted by Crippen LogP contribution is 2.35. The summed E-state index contributed by atoms with van der Waals surface area (Å²) in [6.07, 6.45) is 4.68. The Morgan fingerprint density at radius 2 is 2.20 bits per heavy atom. The van der Waals surface area contributed by atoms with Crippen molar-refractivity contribution < 1.29 is 9.18 Å². The molecule has 1 aromatic carbocycles. The van der Waals surface area contributed by atoms with Crippen LogP contribution in [0.4, 0.5) is 4.39 Å². The number of carbonyl (C=O) groups is 1. The minimum absolute atomic E-state index is 0. The number of piperidine rings is 1. The largest absolute Gasteiger partial charge is 0.347 e. The van der Waals surface area contributed by atoms with E-state index in [-0.39, 0.29) is 36.1 Å². The summed E-state index contributed by atoms with van der Waals surface area (Å²) >= 11 is 1.58. The van der Waals surface area contributed by atoms with Gasteiger partial charge in [-0.3, -0.25) is 9.48 Å². The van der Waals surface area contributed by atoms with Gasteiger partial charge in [-0.05, 0) is 55.6 Å². The molecule has 1 amide bonds. The summed E-state index contributed by atoms with van der Waals surface area (Å²) in [7, 11) is 0. The fourth-order valence-electron chi connectivity index (χ4n) is 4.46. The zero-order valence-electron chi connectivity index (χ0n) is 16.4. The highest BCUT2D eigenvalue weighted by molar-refractivity contribution is 7.14. The van der Waals surface area contributed by atoms with Crippen molar-refractivity contribution in [1.29, 1.82) is 0 Å². The molecule has 2 aliphatic rings. The number of nitrogens with zero attached hydrogens (tertiary/aromatic N) is 2. The summed E-state index contributed by atoms with van der Waals surface area (Å²) < 4.78 is 15.7. The van der Waals surface area contributed by atoms with Gasteiger partial charge in [-0.15, -0.1) is 23.7 Å². The predicted octanol–water partition coefficient (Wildman–Crippen LogP) is 3.99. The number of amides is 1. The Kier molecular flexibility index (Phi) is 6.22. The Morgan fingerprint density at radius 3 is 3.07 bits per heavy atom. The summed E-state index contributed by atoms with van der Waals surface area (Å²) in [4.78, 5) is 15.1. The normalized spacial score (nSPS) is 20.4. The van der Waals surface area contributed by atoms with Gasteiger partial charge in [0.15, 0.2) is 0 Å². The smallest absolute Gasteiger partial charge is 0.261 e. The van der Waals surface area contributed by atoms with Crippen molar-refractivity contribution in [3.8, 4) is 11.3 Å². The zero-order valence-corrected chi connectivity index (χ0v) is 18.1. The van der Waals surface area contributed by atoms with Gasteiger partial charge in [-0.25, -0.2) is 4.39 Å². The molecule has 3 aromatic rings. The number of hydrogen-bond acceptors (Lipinski definition) is 4. The number of carbonyl (C=O) groups excluding carboxylic acids is 1. The van der Waals surface area contributed by atoms with E-state index >= 15 is 0 Å². The Balaban J connectivity index is 0.00000218. The monoisotopic (exact) mass is 446 g/mol. The lowest BCUT2D eigenvalue weighted by Gasteiger charge is -2.33. The van der Waals surface area contributed by atoms with Crippen LogP contribution in [0.3, 0.4) is 0 Å². The number of rotatable bonds is 3. The van der Waals surface area contributed by atoms with Gasteiger partial charge in [0.1, 0.15) is 5.82 Å². The van der Waals surface area contributed by atoms with Crippen LogP contribution in [0.5, 0.6) is 0 Å². The van der Waals surface area contributed by atoms with E-state index in [9.17, 15) is 9.18 Å². The van der Waals surface area contributed by atoms with Gasteiger partial charge in [0.25, 0.3) is 5.91 Å². The molecule has 0 bridgehead atoms. The van der Waals surface area contributed by atoms with E-state index in [1.807, 2.05) is 29.1 Å². The zero-order chi connectivity index (χ0) is 19.8. The molecule has 0 saturated carbocycles. The number of aryl methyl sites for hydroxylation is 2. The Labute approximate surface area is 185 Å². The Hall–Kier alpha value is -2.22. The van der Waals surface area contributed by atoms with Gasteiger partial charge in [0, 0.05) is 41.7 Å². The molecule has 0 radical (unpaired) electrons. The third-order valence-electron chi connectivity index (χ3n) is 5.87. The first-order chi connectivity index (χ1) is 14.2. The Bertz CT molecular complexity index is 1050.